The minimum absolute atomic E-state index is 0.833. The quantitative estimate of drug-likeness (QED) is 0.521. The number of rotatable bonds is 8. The number of quaternary nitrogens is 1. The number of aliphatic carboxylic acids is 1. The normalized spacial score (nSPS) is 9.47. The molecule has 0 heterocycles. The predicted octanol–water partition coefficient (Wildman–Crippen LogP) is 2.64. The molecule has 3 nitrogen and oxygen atoms in total. The maximum atomic E-state index is 9.00. The fourth-order valence-corrected chi connectivity index (χ4v) is 1.54. The summed E-state index contributed by atoms with van der Waals surface area (Å²) >= 11 is 0. The topological polar surface area (TPSA) is 37.3 Å². The molecule has 0 spiro atoms. The number of hydrogen-bond donors (Lipinski definition) is 1. The Kier molecular flexibility index (Phi) is 11.4. The van der Waals surface area contributed by atoms with Crippen LogP contribution in [0, 0.1) is 0 Å². The van der Waals surface area contributed by atoms with E-state index in [2.05, 4.69) is 26.3 Å². The summed E-state index contributed by atoms with van der Waals surface area (Å²) in [6.45, 7) is 19.9. The number of nitrogens with zero attached hydrogens (tertiary/aromatic N) is 1. The molecular formula is C14H24NO2+. The molecule has 3 heteroatoms. The van der Waals surface area contributed by atoms with Crippen LogP contribution in [0.15, 0.2) is 50.6 Å². The average molecular weight is 238 g/mol. The van der Waals surface area contributed by atoms with Crippen LogP contribution in [0.3, 0.4) is 0 Å². The third kappa shape index (κ3) is 10.7. The van der Waals surface area contributed by atoms with Crippen molar-refractivity contribution in [2.75, 3.05) is 26.2 Å². The molecule has 0 aromatic heterocycles. The molecule has 0 radical (unpaired) electrons. The molecular weight excluding hydrogens is 214 g/mol. The third-order valence-corrected chi connectivity index (χ3v) is 2.07. The lowest BCUT2D eigenvalue weighted by Gasteiger charge is -2.35. The van der Waals surface area contributed by atoms with E-state index < -0.39 is 5.97 Å². The zero-order valence-electron chi connectivity index (χ0n) is 10.8. The summed E-state index contributed by atoms with van der Waals surface area (Å²) in [4.78, 5) is 9.00. The van der Waals surface area contributed by atoms with Crippen molar-refractivity contribution in [3.8, 4) is 0 Å². The SMILES string of the molecule is C=CC[N+](CC=C)(CC=C)CC=C.CC(=O)O. The lowest BCUT2D eigenvalue weighted by atomic mass is 10.3. The smallest absolute Gasteiger partial charge is 0.300 e. The Bertz CT molecular complexity index is 220. The van der Waals surface area contributed by atoms with Crippen molar-refractivity contribution < 1.29 is 14.4 Å². The van der Waals surface area contributed by atoms with E-state index >= 15 is 0 Å². The first-order valence-corrected chi connectivity index (χ1v) is 5.46. The van der Waals surface area contributed by atoms with Gasteiger partial charge in [-0.15, -0.1) is 0 Å². The molecule has 17 heavy (non-hydrogen) atoms. The van der Waals surface area contributed by atoms with Crippen molar-refractivity contribution in [3.63, 3.8) is 0 Å². The largest absolute Gasteiger partial charge is 0.481 e. The molecule has 0 rings (SSSR count). The van der Waals surface area contributed by atoms with Crippen molar-refractivity contribution in [1.29, 1.82) is 0 Å². The van der Waals surface area contributed by atoms with Crippen molar-refractivity contribution in [1.82, 2.24) is 0 Å². The van der Waals surface area contributed by atoms with Gasteiger partial charge in [0.2, 0.25) is 0 Å². The number of carboxylic acid groups (broad SMARTS) is 1. The van der Waals surface area contributed by atoms with Crippen LogP contribution in [0.4, 0.5) is 0 Å². The van der Waals surface area contributed by atoms with E-state index in [1.54, 1.807) is 0 Å². The lowest BCUT2D eigenvalue weighted by Crippen LogP contribution is -2.48. The summed E-state index contributed by atoms with van der Waals surface area (Å²) in [6.07, 6.45) is 7.76. The number of carbonyl (C=O) groups is 1. The van der Waals surface area contributed by atoms with Crippen molar-refractivity contribution >= 4 is 5.97 Å². The molecule has 1 N–H and O–H groups in total. The summed E-state index contributed by atoms with van der Waals surface area (Å²) < 4.78 is 0.903. The molecule has 0 saturated heterocycles. The summed E-state index contributed by atoms with van der Waals surface area (Å²) in [5, 5.41) is 7.42. The van der Waals surface area contributed by atoms with Crippen LogP contribution in [0.2, 0.25) is 0 Å². The van der Waals surface area contributed by atoms with Gasteiger partial charge in [-0.2, -0.15) is 0 Å². The lowest BCUT2D eigenvalue weighted by molar-refractivity contribution is -0.906. The van der Waals surface area contributed by atoms with Crippen molar-refractivity contribution in [3.05, 3.63) is 50.6 Å². The molecule has 0 aliphatic carbocycles. The van der Waals surface area contributed by atoms with E-state index in [0.29, 0.717) is 0 Å². The molecule has 0 aliphatic heterocycles. The van der Waals surface area contributed by atoms with E-state index in [-0.39, 0.29) is 0 Å². The average Bonchev–Trinajstić information content (AvgIpc) is 2.18. The van der Waals surface area contributed by atoms with E-state index in [9.17, 15) is 0 Å². The predicted molar refractivity (Wildman–Crippen MR) is 73.8 cm³/mol. The van der Waals surface area contributed by atoms with E-state index in [4.69, 9.17) is 9.90 Å². The number of hydrogen-bond acceptors (Lipinski definition) is 1. The molecule has 0 aliphatic rings. The summed E-state index contributed by atoms with van der Waals surface area (Å²) in [6, 6.07) is 0. The van der Waals surface area contributed by atoms with Crippen LogP contribution in [-0.2, 0) is 4.79 Å². The Morgan fingerprint density at radius 1 is 0.941 bits per heavy atom. The van der Waals surface area contributed by atoms with Gasteiger partial charge in [-0.1, -0.05) is 26.3 Å². The highest BCUT2D eigenvalue weighted by molar-refractivity contribution is 5.62. The van der Waals surface area contributed by atoms with Crippen LogP contribution in [-0.4, -0.2) is 41.7 Å². The van der Waals surface area contributed by atoms with Gasteiger partial charge in [0.25, 0.3) is 5.97 Å². The van der Waals surface area contributed by atoms with Gasteiger partial charge in [0, 0.05) is 6.92 Å². The Morgan fingerprint density at radius 2 is 1.12 bits per heavy atom. The van der Waals surface area contributed by atoms with Crippen LogP contribution in [0.25, 0.3) is 0 Å². The highest BCUT2D eigenvalue weighted by Gasteiger charge is 2.20. The number of carboxylic acids is 1. The van der Waals surface area contributed by atoms with Crippen LogP contribution >= 0.6 is 0 Å². The van der Waals surface area contributed by atoms with Crippen LogP contribution in [0.1, 0.15) is 6.92 Å². The zero-order chi connectivity index (χ0) is 13.7. The second-order valence-electron chi connectivity index (χ2n) is 3.75. The summed E-state index contributed by atoms with van der Waals surface area (Å²) in [5.74, 6) is -0.833. The maximum absolute atomic E-state index is 9.00. The van der Waals surface area contributed by atoms with Gasteiger partial charge in [-0.25, -0.2) is 0 Å². The maximum Gasteiger partial charge on any atom is 0.300 e. The first-order valence-electron chi connectivity index (χ1n) is 5.46. The fraction of sp³-hybridized carbons (Fsp3) is 0.357. The first kappa shape index (κ1) is 17.8. The van der Waals surface area contributed by atoms with Gasteiger partial charge >= 0.3 is 0 Å². The first-order chi connectivity index (χ1) is 7.97. The van der Waals surface area contributed by atoms with Gasteiger partial charge in [0.05, 0.1) is 26.2 Å². The Morgan fingerprint density at radius 3 is 1.24 bits per heavy atom. The third-order valence-electron chi connectivity index (χ3n) is 2.07. The second-order valence-corrected chi connectivity index (χ2v) is 3.75. The molecule has 0 atom stereocenters. The van der Waals surface area contributed by atoms with Gasteiger partial charge < -0.3 is 9.59 Å². The van der Waals surface area contributed by atoms with Crippen molar-refractivity contribution in [2.45, 2.75) is 6.92 Å². The van der Waals surface area contributed by atoms with Crippen LogP contribution in [0.5, 0.6) is 0 Å². The highest BCUT2D eigenvalue weighted by atomic mass is 16.4. The van der Waals surface area contributed by atoms with E-state index in [0.717, 1.165) is 37.6 Å². The van der Waals surface area contributed by atoms with E-state index in [1.165, 1.54) is 0 Å². The van der Waals surface area contributed by atoms with Crippen molar-refractivity contribution in [2.24, 2.45) is 0 Å². The standard InChI is InChI=1S/C12H20N.C2H4O2/c1-5-9-13(10-6-2,11-7-3)12-8-4;1-2(3)4/h5-8H,1-4,9-12H2;1H3,(H,3,4)/q+1;. The monoisotopic (exact) mass is 238 g/mol. The minimum atomic E-state index is -0.833. The molecule has 0 aromatic carbocycles. The molecule has 0 amide bonds. The second kappa shape index (κ2) is 10.9. The molecule has 0 fully saturated rings. The zero-order valence-corrected chi connectivity index (χ0v) is 10.8. The summed E-state index contributed by atoms with van der Waals surface area (Å²) in [7, 11) is 0. The fourth-order valence-electron chi connectivity index (χ4n) is 1.54. The summed E-state index contributed by atoms with van der Waals surface area (Å²) in [5.41, 5.74) is 0. The molecule has 0 unspecified atom stereocenters. The Balaban J connectivity index is 0. The van der Waals surface area contributed by atoms with Gasteiger partial charge in [0.1, 0.15) is 0 Å². The van der Waals surface area contributed by atoms with Gasteiger partial charge in [-0.3, -0.25) is 4.79 Å². The van der Waals surface area contributed by atoms with Gasteiger partial charge in [-0.05, 0) is 24.3 Å². The van der Waals surface area contributed by atoms with Crippen LogP contribution < -0.4 is 0 Å². The Hall–Kier alpha value is -1.61. The molecule has 0 saturated carbocycles. The molecule has 0 bridgehead atoms. The molecule has 0 aromatic rings. The highest BCUT2D eigenvalue weighted by Crippen LogP contribution is 2.07. The van der Waals surface area contributed by atoms with Gasteiger partial charge in [0.15, 0.2) is 0 Å². The molecule has 96 valence electrons. The van der Waals surface area contributed by atoms with E-state index in [1.807, 2.05) is 24.3 Å². The minimum Gasteiger partial charge on any atom is -0.481 e. The Labute approximate surface area is 105 Å².